The summed E-state index contributed by atoms with van der Waals surface area (Å²) in [6.07, 6.45) is 89.7. The Bertz CT molecular complexity index is 1980. The highest BCUT2D eigenvalue weighted by atomic mass is 16.7. The predicted octanol–water partition coefficient (Wildman–Crippen LogP) is 17.6. The van der Waals surface area contributed by atoms with Gasteiger partial charge in [-0.2, -0.15) is 0 Å². The van der Waals surface area contributed by atoms with Crippen molar-refractivity contribution in [2.45, 2.75) is 206 Å². The number of hydrogen-bond acceptors (Lipinski definition) is 8. The number of esters is 2. The van der Waals surface area contributed by atoms with Gasteiger partial charge in [0, 0.05) is 12.8 Å². The van der Waals surface area contributed by atoms with Crippen LogP contribution in [0.2, 0.25) is 0 Å². The summed E-state index contributed by atoms with van der Waals surface area (Å²) in [6, 6.07) is 0. The Morgan fingerprint density at radius 2 is 0.691 bits per heavy atom. The quantitative estimate of drug-likeness (QED) is 0.0195. The number of carbonyl (C=O) groups is 3. The molecule has 0 aliphatic rings. The van der Waals surface area contributed by atoms with Crippen LogP contribution in [0.1, 0.15) is 194 Å². The number of carboxylic acids is 1. The van der Waals surface area contributed by atoms with E-state index in [4.69, 9.17) is 18.9 Å². The minimum absolute atomic E-state index is 0.125. The van der Waals surface area contributed by atoms with Crippen molar-refractivity contribution in [3.8, 4) is 0 Å². The van der Waals surface area contributed by atoms with Crippen LogP contribution in [0.4, 0.5) is 0 Å². The molecule has 0 aliphatic carbocycles. The lowest BCUT2D eigenvalue weighted by atomic mass is 10.1. The standard InChI is InChI=1S/C72H111NO8/c1-6-8-10-12-14-16-18-20-22-24-26-27-28-29-30-31-32-33-34-35-36-37-38-39-40-41-42-43-45-47-49-51-53-55-57-59-61-63-70(75)81-68(67-80-72(71(76)77)78-65-64-73(3,4)5)66-79-69(74)62-60-58-56-54-52-50-48-46-44-25-23-21-19-17-15-13-11-9-7-2/h8-11,14-17,20-23,26-27,29-30,32-33,35-36,38-39,41-42,44,46,50,52,56,58,68,72H,6-7,12-13,18-19,24-25,28,31,34,37,40,43,45,47-49,51,53-55,57,59-67H2,1-5H3/b10-8-,11-9-,16-14-,17-15-,22-20-,23-21-,27-26-,30-29-,33-32-,36-35-,39-38-,42-41-,46-44-,52-50-,58-56-. The third kappa shape index (κ3) is 61.9. The lowest BCUT2D eigenvalue weighted by molar-refractivity contribution is -0.870. The molecule has 0 bridgehead atoms. The molecule has 0 spiro atoms. The van der Waals surface area contributed by atoms with Crippen molar-refractivity contribution >= 4 is 17.9 Å². The molecule has 0 aromatic rings. The van der Waals surface area contributed by atoms with Gasteiger partial charge in [0.05, 0.1) is 40.3 Å². The molecule has 0 saturated heterocycles. The van der Waals surface area contributed by atoms with E-state index in [0.717, 1.165) is 122 Å². The Hall–Kier alpha value is -5.61. The predicted molar refractivity (Wildman–Crippen MR) is 342 cm³/mol. The Labute approximate surface area is 494 Å². The van der Waals surface area contributed by atoms with Gasteiger partial charge in [0.2, 0.25) is 0 Å². The molecule has 0 fully saturated rings. The number of quaternary nitrogens is 1. The van der Waals surface area contributed by atoms with Gasteiger partial charge in [0.1, 0.15) is 13.2 Å². The van der Waals surface area contributed by atoms with Gasteiger partial charge in [-0.1, -0.05) is 241 Å². The van der Waals surface area contributed by atoms with Gasteiger partial charge in [0.25, 0.3) is 0 Å². The maximum absolute atomic E-state index is 12.9. The van der Waals surface area contributed by atoms with Crippen molar-refractivity contribution < 1.29 is 42.9 Å². The summed E-state index contributed by atoms with van der Waals surface area (Å²) in [4.78, 5) is 37.3. The third-order valence-electron chi connectivity index (χ3n) is 12.2. The van der Waals surface area contributed by atoms with E-state index in [1.54, 1.807) is 0 Å². The van der Waals surface area contributed by atoms with Gasteiger partial charge in [-0.05, 0) is 122 Å². The molecule has 0 saturated carbocycles. The summed E-state index contributed by atoms with van der Waals surface area (Å²) < 4.78 is 22.6. The summed E-state index contributed by atoms with van der Waals surface area (Å²) in [6.45, 7) is 4.39. The van der Waals surface area contributed by atoms with Gasteiger partial charge in [0.15, 0.2) is 12.4 Å². The molecule has 9 heteroatoms. The van der Waals surface area contributed by atoms with Crippen LogP contribution in [0.5, 0.6) is 0 Å². The molecule has 0 rings (SSSR count). The molecule has 0 amide bonds. The topological polar surface area (TPSA) is 111 Å². The van der Waals surface area contributed by atoms with E-state index in [9.17, 15) is 19.5 Å². The number of ether oxygens (including phenoxy) is 4. The summed E-state index contributed by atoms with van der Waals surface area (Å²) >= 11 is 0. The number of likely N-dealkylation sites (N-methyl/N-ethyl adjacent to an activating group) is 1. The van der Waals surface area contributed by atoms with Crippen molar-refractivity contribution in [2.24, 2.45) is 0 Å². The average Bonchev–Trinajstić information content (AvgIpc) is 3.44. The largest absolute Gasteiger partial charge is 0.545 e. The van der Waals surface area contributed by atoms with Crippen LogP contribution in [-0.2, 0) is 33.3 Å². The SMILES string of the molecule is CC/C=C\C/C=C\C/C=C\C/C=C\C/C=C\C/C=C\C/C=C\C/C=C\C/C=C\CCCCCCCCCCCC(=O)OC(COC(=O)CC/C=C\C/C=C\C/C=C\C/C=C\C/C=C\C/C=C\CC)COC(OCC[N+](C)(C)C)C(=O)[O-]. The second-order valence-electron chi connectivity index (χ2n) is 20.9. The molecule has 0 heterocycles. The second-order valence-corrected chi connectivity index (χ2v) is 20.9. The van der Waals surface area contributed by atoms with E-state index in [1.165, 1.54) is 32.1 Å². The molecule has 452 valence electrons. The molecule has 9 nitrogen and oxygen atoms in total. The first kappa shape index (κ1) is 75.4. The first-order chi connectivity index (χ1) is 39.6. The number of carboxylic acid groups (broad SMARTS) is 1. The van der Waals surface area contributed by atoms with Crippen LogP contribution in [0, 0.1) is 0 Å². The molecule has 2 unspecified atom stereocenters. The summed E-state index contributed by atoms with van der Waals surface area (Å²) in [7, 11) is 5.88. The Kier molecular flexibility index (Phi) is 56.3. The molecular weight excluding hydrogens is 1010 g/mol. The molecule has 0 N–H and O–H groups in total. The van der Waals surface area contributed by atoms with E-state index in [0.29, 0.717) is 23.9 Å². The number of allylic oxidation sites excluding steroid dienone is 30. The van der Waals surface area contributed by atoms with Crippen molar-refractivity contribution in [1.29, 1.82) is 0 Å². The van der Waals surface area contributed by atoms with Gasteiger partial charge < -0.3 is 33.3 Å². The van der Waals surface area contributed by atoms with Crippen LogP contribution in [0.3, 0.4) is 0 Å². The molecular formula is C72H111NO8. The van der Waals surface area contributed by atoms with E-state index in [1.807, 2.05) is 33.3 Å². The monoisotopic (exact) mass is 1120 g/mol. The van der Waals surface area contributed by atoms with Gasteiger partial charge in [-0.15, -0.1) is 0 Å². The maximum Gasteiger partial charge on any atom is 0.306 e. The van der Waals surface area contributed by atoms with Gasteiger partial charge in [-0.3, -0.25) is 9.59 Å². The zero-order valence-corrected chi connectivity index (χ0v) is 51.3. The van der Waals surface area contributed by atoms with Crippen LogP contribution in [-0.4, -0.2) is 82.3 Å². The number of nitrogens with zero attached hydrogens (tertiary/aromatic N) is 1. The Morgan fingerprint density at radius 1 is 0.370 bits per heavy atom. The Balaban J connectivity index is 4.30. The fraction of sp³-hybridized carbons (Fsp3) is 0.542. The van der Waals surface area contributed by atoms with Crippen molar-refractivity contribution in [3.63, 3.8) is 0 Å². The minimum atomic E-state index is -1.65. The first-order valence-electron chi connectivity index (χ1n) is 30.9. The zero-order chi connectivity index (χ0) is 59.1. The summed E-state index contributed by atoms with van der Waals surface area (Å²) in [5.41, 5.74) is 0. The van der Waals surface area contributed by atoms with Gasteiger partial charge in [-0.25, -0.2) is 0 Å². The number of rotatable bonds is 54. The van der Waals surface area contributed by atoms with E-state index in [2.05, 4.69) is 184 Å². The van der Waals surface area contributed by atoms with Crippen LogP contribution in [0.15, 0.2) is 182 Å². The van der Waals surface area contributed by atoms with Crippen LogP contribution in [0.25, 0.3) is 0 Å². The van der Waals surface area contributed by atoms with E-state index >= 15 is 0 Å². The third-order valence-corrected chi connectivity index (χ3v) is 12.2. The van der Waals surface area contributed by atoms with E-state index < -0.39 is 30.3 Å². The maximum atomic E-state index is 12.9. The second kappa shape index (κ2) is 60.5. The van der Waals surface area contributed by atoms with E-state index in [-0.39, 0.29) is 32.7 Å². The number of unbranched alkanes of at least 4 members (excludes halogenated alkanes) is 9. The van der Waals surface area contributed by atoms with Crippen molar-refractivity contribution in [3.05, 3.63) is 182 Å². The van der Waals surface area contributed by atoms with Crippen LogP contribution < -0.4 is 5.11 Å². The summed E-state index contributed by atoms with van der Waals surface area (Å²) in [5, 5.41) is 11.8. The number of aliphatic carboxylic acids is 1. The first-order valence-corrected chi connectivity index (χ1v) is 30.9. The highest BCUT2D eigenvalue weighted by Crippen LogP contribution is 2.13. The lowest BCUT2D eigenvalue weighted by Gasteiger charge is -2.26. The van der Waals surface area contributed by atoms with Crippen molar-refractivity contribution in [2.75, 3.05) is 47.5 Å². The van der Waals surface area contributed by atoms with Gasteiger partial charge >= 0.3 is 11.9 Å². The molecule has 81 heavy (non-hydrogen) atoms. The van der Waals surface area contributed by atoms with Crippen LogP contribution >= 0.6 is 0 Å². The number of carbonyl (C=O) groups excluding carboxylic acids is 3. The fourth-order valence-corrected chi connectivity index (χ4v) is 7.49. The molecule has 0 radical (unpaired) electrons. The lowest BCUT2D eigenvalue weighted by Crippen LogP contribution is -2.44. The fourth-order valence-electron chi connectivity index (χ4n) is 7.49. The highest BCUT2D eigenvalue weighted by molar-refractivity contribution is 5.70. The highest BCUT2D eigenvalue weighted by Gasteiger charge is 2.21. The molecule has 0 aliphatic heterocycles. The average molecular weight is 1120 g/mol. The molecule has 0 aromatic carbocycles. The summed E-state index contributed by atoms with van der Waals surface area (Å²) in [5.74, 6) is -2.43. The Morgan fingerprint density at radius 3 is 1.04 bits per heavy atom. The minimum Gasteiger partial charge on any atom is -0.545 e. The molecule has 2 atom stereocenters. The zero-order valence-electron chi connectivity index (χ0n) is 51.3. The van der Waals surface area contributed by atoms with Crippen molar-refractivity contribution in [1.82, 2.24) is 0 Å². The normalized spacial score (nSPS) is 14.0. The smallest absolute Gasteiger partial charge is 0.306 e. The number of hydrogen-bond donors (Lipinski definition) is 0. The molecule has 0 aromatic heterocycles.